The molecule has 1 fully saturated rings. The minimum Gasteiger partial charge on any atom is -0.387 e. The lowest BCUT2D eigenvalue weighted by atomic mass is 10.1. The molecule has 0 bridgehead atoms. The van der Waals surface area contributed by atoms with Crippen molar-refractivity contribution in [2.75, 3.05) is 6.54 Å². The molecule has 0 aromatic heterocycles. The molecule has 3 heteroatoms. The van der Waals surface area contributed by atoms with E-state index in [1.807, 2.05) is 24.3 Å². The highest BCUT2D eigenvalue weighted by atomic mass is 79.9. The molecule has 0 saturated heterocycles. The van der Waals surface area contributed by atoms with Gasteiger partial charge in [-0.3, -0.25) is 0 Å². The van der Waals surface area contributed by atoms with Crippen LogP contribution in [0.5, 0.6) is 0 Å². The number of benzene rings is 1. The molecule has 0 heterocycles. The summed E-state index contributed by atoms with van der Waals surface area (Å²) in [6.45, 7) is 0.659. The SMILES string of the molecule is OC(CNC1CCCCCC1)c1ccc(Br)cc1. The zero-order valence-corrected chi connectivity index (χ0v) is 12.3. The molecule has 2 nitrogen and oxygen atoms in total. The van der Waals surface area contributed by atoms with Gasteiger partial charge in [0.15, 0.2) is 0 Å². The molecular formula is C15H22BrNO. The van der Waals surface area contributed by atoms with Crippen molar-refractivity contribution < 1.29 is 5.11 Å². The lowest BCUT2D eigenvalue weighted by Gasteiger charge is -2.19. The average molecular weight is 312 g/mol. The topological polar surface area (TPSA) is 32.3 Å². The summed E-state index contributed by atoms with van der Waals surface area (Å²) < 4.78 is 1.05. The highest BCUT2D eigenvalue weighted by molar-refractivity contribution is 9.10. The van der Waals surface area contributed by atoms with Crippen LogP contribution in [-0.2, 0) is 0 Å². The Kier molecular flexibility index (Phi) is 5.67. The van der Waals surface area contributed by atoms with E-state index in [0.29, 0.717) is 12.6 Å². The summed E-state index contributed by atoms with van der Waals surface area (Å²) in [6, 6.07) is 8.50. The third-order valence-electron chi connectivity index (χ3n) is 3.71. The van der Waals surface area contributed by atoms with Crippen LogP contribution in [0.15, 0.2) is 28.7 Å². The van der Waals surface area contributed by atoms with Crippen LogP contribution < -0.4 is 5.32 Å². The molecule has 1 aliphatic rings. The van der Waals surface area contributed by atoms with Crippen LogP contribution in [0.25, 0.3) is 0 Å². The Morgan fingerprint density at radius 1 is 1.11 bits per heavy atom. The van der Waals surface area contributed by atoms with Crippen LogP contribution in [0.1, 0.15) is 50.2 Å². The van der Waals surface area contributed by atoms with Crippen LogP contribution in [0.4, 0.5) is 0 Å². The highest BCUT2D eigenvalue weighted by Crippen LogP contribution is 2.19. The number of halogens is 1. The summed E-state index contributed by atoms with van der Waals surface area (Å²) in [5, 5.41) is 13.6. The van der Waals surface area contributed by atoms with Crippen molar-refractivity contribution in [1.82, 2.24) is 5.32 Å². The van der Waals surface area contributed by atoms with Gasteiger partial charge in [-0.1, -0.05) is 53.7 Å². The minimum absolute atomic E-state index is 0.402. The molecule has 1 saturated carbocycles. The summed E-state index contributed by atoms with van der Waals surface area (Å²) in [7, 11) is 0. The van der Waals surface area contributed by atoms with Crippen LogP contribution >= 0.6 is 15.9 Å². The van der Waals surface area contributed by atoms with Gasteiger partial charge in [0.05, 0.1) is 6.10 Å². The van der Waals surface area contributed by atoms with E-state index in [1.165, 1.54) is 38.5 Å². The first-order chi connectivity index (χ1) is 8.75. The van der Waals surface area contributed by atoms with Gasteiger partial charge in [-0.25, -0.2) is 0 Å². The van der Waals surface area contributed by atoms with E-state index in [4.69, 9.17) is 0 Å². The predicted molar refractivity (Wildman–Crippen MR) is 78.6 cm³/mol. The quantitative estimate of drug-likeness (QED) is 0.829. The number of hydrogen-bond acceptors (Lipinski definition) is 2. The highest BCUT2D eigenvalue weighted by Gasteiger charge is 2.14. The molecule has 2 rings (SSSR count). The van der Waals surface area contributed by atoms with E-state index >= 15 is 0 Å². The van der Waals surface area contributed by atoms with E-state index in [2.05, 4.69) is 21.2 Å². The smallest absolute Gasteiger partial charge is 0.0914 e. The van der Waals surface area contributed by atoms with Crippen LogP contribution in [0.3, 0.4) is 0 Å². The molecule has 1 atom stereocenters. The van der Waals surface area contributed by atoms with Crippen molar-refractivity contribution in [1.29, 1.82) is 0 Å². The molecule has 0 spiro atoms. The molecule has 1 unspecified atom stereocenters. The molecule has 0 aliphatic heterocycles. The Hall–Kier alpha value is -0.380. The van der Waals surface area contributed by atoms with Crippen LogP contribution in [0, 0.1) is 0 Å². The number of nitrogens with one attached hydrogen (secondary N) is 1. The molecule has 1 aromatic rings. The summed E-state index contributed by atoms with van der Waals surface area (Å²) in [4.78, 5) is 0. The molecular weight excluding hydrogens is 290 g/mol. The lowest BCUT2D eigenvalue weighted by molar-refractivity contribution is 0.168. The Morgan fingerprint density at radius 3 is 2.33 bits per heavy atom. The van der Waals surface area contributed by atoms with Gasteiger partial charge in [0.2, 0.25) is 0 Å². The van der Waals surface area contributed by atoms with Gasteiger partial charge < -0.3 is 10.4 Å². The summed E-state index contributed by atoms with van der Waals surface area (Å²) in [5.41, 5.74) is 0.985. The summed E-state index contributed by atoms with van der Waals surface area (Å²) >= 11 is 3.41. The van der Waals surface area contributed by atoms with Crippen molar-refractivity contribution in [3.63, 3.8) is 0 Å². The normalized spacial score (nSPS) is 19.4. The van der Waals surface area contributed by atoms with Crippen molar-refractivity contribution in [2.24, 2.45) is 0 Å². The fourth-order valence-corrected chi connectivity index (χ4v) is 2.83. The van der Waals surface area contributed by atoms with E-state index in [9.17, 15) is 5.11 Å². The molecule has 1 aliphatic carbocycles. The zero-order chi connectivity index (χ0) is 12.8. The third-order valence-corrected chi connectivity index (χ3v) is 4.24. The minimum atomic E-state index is -0.402. The van der Waals surface area contributed by atoms with Gasteiger partial charge in [0.1, 0.15) is 0 Å². The number of aliphatic hydroxyl groups excluding tert-OH is 1. The monoisotopic (exact) mass is 311 g/mol. The van der Waals surface area contributed by atoms with E-state index in [-0.39, 0.29) is 0 Å². The van der Waals surface area contributed by atoms with Crippen molar-refractivity contribution in [2.45, 2.75) is 50.7 Å². The average Bonchev–Trinajstić information content (AvgIpc) is 2.65. The van der Waals surface area contributed by atoms with Crippen LogP contribution in [-0.4, -0.2) is 17.7 Å². The number of rotatable bonds is 4. The first-order valence-corrected chi connectivity index (χ1v) is 7.72. The van der Waals surface area contributed by atoms with Crippen LogP contribution in [0.2, 0.25) is 0 Å². The number of hydrogen-bond donors (Lipinski definition) is 2. The third kappa shape index (κ3) is 4.38. The van der Waals surface area contributed by atoms with Gasteiger partial charge >= 0.3 is 0 Å². The Labute approximate surface area is 118 Å². The molecule has 100 valence electrons. The molecule has 0 radical (unpaired) electrons. The molecule has 18 heavy (non-hydrogen) atoms. The fraction of sp³-hybridized carbons (Fsp3) is 0.600. The molecule has 2 N–H and O–H groups in total. The van der Waals surface area contributed by atoms with Crippen molar-refractivity contribution in [3.8, 4) is 0 Å². The maximum atomic E-state index is 10.1. The molecule has 0 amide bonds. The summed E-state index contributed by atoms with van der Waals surface area (Å²) in [5.74, 6) is 0. The predicted octanol–water partition coefficient (Wildman–Crippen LogP) is 3.79. The van der Waals surface area contributed by atoms with Gasteiger partial charge in [0, 0.05) is 17.1 Å². The van der Waals surface area contributed by atoms with Gasteiger partial charge in [-0.2, -0.15) is 0 Å². The van der Waals surface area contributed by atoms with E-state index < -0.39 is 6.10 Å². The lowest BCUT2D eigenvalue weighted by Crippen LogP contribution is -2.32. The summed E-state index contributed by atoms with van der Waals surface area (Å²) in [6.07, 6.45) is 7.50. The maximum absolute atomic E-state index is 10.1. The second-order valence-electron chi connectivity index (χ2n) is 5.16. The van der Waals surface area contributed by atoms with Crippen molar-refractivity contribution >= 4 is 15.9 Å². The van der Waals surface area contributed by atoms with Crippen molar-refractivity contribution in [3.05, 3.63) is 34.3 Å². The second kappa shape index (κ2) is 7.27. The standard InChI is InChI=1S/C15H22BrNO/c16-13-9-7-12(8-10-13)15(18)11-17-14-5-3-1-2-4-6-14/h7-10,14-15,17-18H,1-6,11H2. The fourth-order valence-electron chi connectivity index (χ4n) is 2.56. The van der Waals surface area contributed by atoms with Gasteiger partial charge in [0.25, 0.3) is 0 Å². The zero-order valence-electron chi connectivity index (χ0n) is 10.7. The largest absolute Gasteiger partial charge is 0.387 e. The van der Waals surface area contributed by atoms with Gasteiger partial charge in [-0.15, -0.1) is 0 Å². The number of aliphatic hydroxyl groups is 1. The Morgan fingerprint density at radius 2 is 1.72 bits per heavy atom. The first kappa shape index (κ1) is 14.0. The molecule has 1 aromatic carbocycles. The first-order valence-electron chi connectivity index (χ1n) is 6.92. The Balaban J connectivity index is 1.80. The maximum Gasteiger partial charge on any atom is 0.0914 e. The van der Waals surface area contributed by atoms with E-state index in [1.54, 1.807) is 0 Å². The Bertz CT molecular complexity index is 344. The second-order valence-corrected chi connectivity index (χ2v) is 6.08. The van der Waals surface area contributed by atoms with E-state index in [0.717, 1.165) is 10.0 Å². The van der Waals surface area contributed by atoms with Gasteiger partial charge in [-0.05, 0) is 30.5 Å².